The second-order valence-corrected chi connectivity index (χ2v) is 5.83. The molecule has 2 aromatic carbocycles. The van der Waals surface area contributed by atoms with Crippen LogP contribution >= 0.6 is 0 Å². The number of hydrogen-bond acceptors (Lipinski definition) is 4. The van der Waals surface area contributed by atoms with Crippen molar-refractivity contribution in [1.29, 1.82) is 0 Å². The number of furan rings is 2. The Morgan fingerprint density at radius 1 is 0.960 bits per heavy atom. The molecule has 0 aliphatic carbocycles. The van der Waals surface area contributed by atoms with E-state index in [2.05, 4.69) is 0 Å². The molecular formula is C19H16N2O4. The molecule has 2 aromatic heterocycles. The Morgan fingerprint density at radius 3 is 1.96 bits per heavy atom. The Kier molecular flexibility index (Phi) is 3.66. The van der Waals surface area contributed by atoms with Crippen LogP contribution in [0.25, 0.3) is 21.9 Å². The van der Waals surface area contributed by atoms with Crippen molar-refractivity contribution in [1.82, 2.24) is 5.06 Å². The van der Waals surface area contributed by atoms with E-state index in [1.54, 1.807) is 12.5 Å². The van der Waals surface area contributed by atoms with E-state index >= 15 is 0 Å². The van der Waals surface area contributed by atoms with Crippen molar-refractivity contribution in [2.75, 3.05) is 6.54 Å². The number of benzene rings is 2. The molecule has 6 nitrogen and oxygen atoms in total. The number of rotatable bonds is 4. The summed E-state index contributed by atoms with van der Waals surface area (Å²) in [6.07, 6.45) is 3.24. The van der Waals surface area contributed by atoms with E-state index in [-0.39, 0.29) is 12.5 Å². The molecule has 0 radical (unpaired) electrons. The molecule has 0 fully saturated rings. The van der Waals surface area contributed by atoms with Gasteiger partial charge in [0, 0.05) is 16.7 Å². The van der Waals surface area contributed by atoms with Crippen molar-refractivity contribution in [2.45, 2.75) is 5.92 Å². The van der Waals surface area contributed by atoms with Gasteiger partial charge in [-0.3, -0.25) is 5.21 Å². The first-order valence-electron chi connectivity index (χ1n) is 7.83. The highest BCUT2D eigenvalue weighted by Gasteiger charge is 2.24. The van der Waals surface area contributed by atoms with Crippen molar-refractivity contribution in [3.05, 3.63) is 72.2 Å². The lowest BCUT2D eigenvalue weighted by molar-refractivity contribution is -0.0413. The van der Waals surface area contributed by atoms with Crippen LogP contribution in [0.5, 0.6) is 0 Å². The highest BCUT2D eigenvalue weighted by atomic mass is 16.5. The monoisotopic (exact) mass is 336 g/mol. The van der Waals surface area contributed by atoms with Crippen LogP contribution in [0, 0.1) is 0 Å². The minimum Gasteiger partial charge on any atom is -0.464 e. The Bertz CT molecular complexity index is 976. The number of nitrogens with zero attached hydrogens (tertiary/aromatic N) is 1. The zero-order valence-corrected chi connectivity index (χ0v) is 13.3. The molecule has 25 heavy (non-hydrogen) atoms. The van der Waals surface area contributed by atoms with Crippen molar-refractivity contribution >= 4 is 28.0 Å². The number of carbonyl (C=O) groups excluding carboxylic acids is 1. The Labute approximate surface area is 143 Å². The van der Waals surface area contributed by atoms with Crippen LogP contribution in [0.3, 0.4) is 0 Å². The van der Waals surface area contributed by atoms with Gasteiger partial charge >= 0.3 is 6.03 Å². The number of carbonyl (C=O) groups is 1. The third-order valence-electron chi connectivity index (χ3n) is 4.42. The third-order valence-corrected chi connectivity index (χ3v) is 4.42. The van der Waals surface area contributed by atoms with Gasteiger partial charge in [0.1, 0.15) is 11.2 Å². The first kappa shape index (κ1) is 15.3. The van der Waals surface area contributed by atoms with Crippen molar-refractivity contribution in [2.24, 2.45) is 5.73 Å². The summed E-state index contributed by atoms with van der Waals surface area (Å²) in [4.78, 5) is 11.4. The van der Waals surface area contributed by atoms with Gasteiger partial charge in [-0.05, 0) is 35.4 Å². The summed E-state index contributed by atoms with van der Waals surface area (Å²) in [5, 5.41) is 12.4. The average molecular weight is 336 g/mol. The second kappa shape index (κ2) is 5.99. The lowest BCUT2D eigenvalue weighted by Crippen LogP contribution is -2.36. The summed E-state index contributed by atoms with van der Waals surface area (Å²) in [5.41, 5.74) is 8.57. The standard InChI is InChI=1S/C19H16N2O4/c20-19(22)21(23)11-16(12-3-1-5-17-14(12)7-9-24-17)13-4-2-6-18-15(13)8-10-25-18/h1-10,16,23H,11H2,(H2,20,22). The van der Waals surface area contributed by atoms with Gasteiger partial charge in [0.05, 0.1) is 19.1 Å². The van der Waals surface area contributed by atoms with Crippen LogP contribution in [-0.2, 0) is 0 Å². The van der Waals surface area contributed by atoms with Gasteiger partial charge in [0.15, 0.2) is 0 Å². The first-order chi connectivity index (χ1) is 12.1. The van der Waals surface area contributed by atoms with E-state index in [4.69, 9.17) is 14.6 Å². The predicted molar refractivity (Wildman–Crippen MR) is 92.3 cm³/mol. The van der Waals surface area contributed by atoms with E-state index in [1.165, 1.54) is 0 Å². The van der Waals surface area contributed by atoms with Gasteiger partial charge < -0.3 is 14.6 Å². The van der Waals surface area contributed by atoms with Gasteiger partial charge in [-0.1, -0.05) is 24.3 Å². The van der Waals surface area contributed by atoms with Crippen LogP contribution < -0.4 is 5.73 Å². The largest absolute Gasteiger partial charge is 0.464 e. The fourth-order valence-corrected chi connectivity index (χ4v) is 3.27. The van der Waals surface area contributed by atoms with Gasteiger partial charge in [-0.2, -0.15) is 0 Å². The van der Waals surface area contributed by atoms with Gasteiger partial charge in [0.2, 0.25) is 0 Å². The fourth-order valence-electron chi connectivity index (χ4n) is 3.27. The molecule has 6 heteroatoms. The van der Waals surface area contributed by atoms with Gasteiger partial charge in [-0.25, -0.2) is 9.86 Å². The molecule has 3 N–H and O–H groups in total. The van der Waals surface area contributed by atoms with Crippen LogP contribution in [0.15, 0.2) is 69.9 Å². The number of hydroxylamine groups is 2. The zero-order valence-electron chi connectivity index (χ0n) is 13.3. The molecule has 126 valence electrons. The number of hydrogen-bond donors (Lipinski definition) is 2. The summed E-state index contributed by atoms with van der Waals surface area (Å²) in [6.45, 7) is 0.0178. The topological polar surface area (TPSA) is 92.8 Å². The maximum absolute atomic E-state index is 11.4. The summed E-state index contributed by atoms with van der Waals surface area (Å²) < 4.78 is 11.0. The van der Waals surface area contributed by atoms with Crippen molar-refractivity contribution < 1.29 is 18.8 Å². The van der Waals surface area contributed by atoms with Gasteiger partial charge in [-0.15, -0.1) is 0 Å². The third kappa shape index (κ3) is 2.62. The number of urea groups is 1. The molecule has 4 aromatic rings. The molecule has 0 unspecified atom stereocenters. The molecular weight excluding hydrogens is 320 g/mol. The number of fused-ring (bicyclic) bond motifs is 2. The van der Waals surface area contributed by atoms with Crippen LogP contribution in [-0.4, -0.2) is 22.8 Å². The molecule has 0 aliphatic rings. The highest BCUT2D eigenvalue weighted by molar-refractivity contribution is 5.86. The smallest absolute Gasteiger partial charge is 0.338 e. The molecule has 0 bridgehead atoms. The van der Waals surface area contributed by atoms with Crippen molar-refractivity contribution in [3.63, 3.8) is 0 Å². The lowest BCUT2D eigenvalue weighted by Gasteiger charge is -2.23. The Balaban J connectivity index is 1.92. The van der Waals surface area contributed by atoms with Gasteiger partial charge in [0.25, 0.3) is 0 Å². The zero-order chi connectivity index (χ0) is 17.4. The molecule has 0 spiro atoms. The maximum Gasteiger partial charge on any atom is 0.338 e. The molecule has 0 saturated carbocycles. The van der Waals surface area contributed by atoms with E-state index in [0.717, 1.165) is 33.1 Å². The maximum atomic E-state index is 11.4. The fraction of sp³-hybridized carbons (Fsp3) is 0.105. The summed E-state index contributed by atoms with van der Waals surface area (Å²) in [6, 6.07) is 14.3. The SMILES string of the molecule is NC(=O)N(O)CC(c1cccc2occc12)c1cccc2occc12. The van der Waals surface area contributed by atoms with E-state index in [0.29, 0.717) is 5.06 Å². The van der Waals surface area contributed by atoms with E-state index < -0.39 is 6.03 Å². The average Bonchev–Trinajstić information content (AvgIpc) is 3.27. The lowest BCUT2D eigenvalue weighted by atomic mass is 9.87. The Hall–Kier alpha value is -3.25. The number of amides is 2. The van der Waals surface area contributed by atoms with Crippen LogP contribution in [0.4, 0.5) is 4.79 Å². The number of primary amides is 1. The van der Waals surface area contributed by atoms with E-state index in [1.807, 2.05) is 48.5 Å². The summed E-state index contributed by atoms with van der Waals surface area (Å²) >= 11 is 0. The Morgan fingerprint density at radius 2 is 1.48 bits per heavy atom. The highest BCUT2D eigenvalue weighted by Crippen LogP contribution is 2.35. The minimum absolute atomic E-state index is 0.0178. The number of nitrogens with two attached hydrogens (primary N) is 1. The van der Waals surface area contributed by atoms with Crippen LogP contribution in [0.2, 0.25) is 0 Å². The quantitative estimate of drug-likeness (QED) is 0.434. The van der Waals surface area contributed by atoms with Crippen molar-refractivity contribution in [3.8, 4) is 0 Å². The molecule has 2 amide bonds. The van der Waals surface area contributed by atoms with E-state index in [9.17, 15) is 10.0 Å². The first-order valence-corrected chi connectivity index (χ1v) is 7.83. The molecule has 2 heterocycles. The van der Waals surface area contributed by atoms with Crippen LogP contribution in [0.1, 0.15) is 17.0 Å². The summed E-state index contributed by atoms with van der Waals surface area (Å²) in [5.74, 6) is -0.305. The normalized spacial score (nSPS) is 11.4. The molecule has 4 rings (SSSR count). The molecule has 0 atom stereocenters. The predicted octanol–water partition coefficient (Wildman–Crippen LogP) is 4.08. The second-order valence-electron chi connectivity index (χ2n) is 5.83. The summed E-state index contributed by atoms with van der Waals surface area (Å²) in [7, 11) is 0. The molecule has 0 saturated heterocycles. The molecule has 0 aliphatic heterocycles. The minimum atomic E-state index is -0.899.